The maximum Gasteiger partial charge on any atom is 0.263 e. The van der Waals surface area contributed by atoms with Crippen molar-refractivity contribution in [2.24, 2.45) is 17.1 Å². The van der Waals surface area contributed by atoms with Gasteiger partial charge in [0.05, 0.1) is 11.0 Å². The summed E-state index contributed by atoms with van der Waals surface area (Å²) in [7, 11) is 0. The highest BCUT2D eigenvalue weighted by molar-refractivity contribution is 7.14. The van der Waals surface area contributed by atoms with Crippen LogP contribution in [-0.2, 0) is 17.6 Å². The second-order valence-corrected chi connectivity index (χ2v) is 10.0. The van der Waals surface area contributed by atoms with Crippen molar-refractivity contribution in [2.45, 2.75) is 65.4 Å². The van der Waals surface area contributed by atoms with Gasteiger partial charge in [0.15, 0.2) is 0 Å². The second kappa shape index (κ2) is 8.41. The lowest BCUT2D eigenvalue weighted by Gasteiger charge is -2.33. The highest BCUT2D eigenvalue weighted by atomic mass is 32.1. The maximum atomic E-state index is 12.9. The highest BCUT2D eigenvalue weighted by Crippen LogP contribution is 2.40. The summed E-state index contributed by atoms with van der Waals surface area (Å²) in [5.41, 5.74) is 7.28. The second-order valence-electron chi connectivity index (χ2n) is 8.87. The van der Waals surface area contributed by atoms with Crippen LogP contribution in [0.3, 0.4) is 0 Å². The Morgan fingerprint density at radius 3 is 2.69 bits per heavy atom. The molecule has 1 atom stereocenters. The van der Waals surface area contributed by atoms with E-state index >= 15 is 0 Å². The molecule has 0 aromatic carbocycles. The van der Waals surface area contributed by atoms with Crippen LogP contribution in [0.1, 0.15) is 66.6 Å². The molecule has 1 unspecified atom stereocenters. The number of rotatable bonds is 5. The minimum Gasteiger partial charge on any atom is -0.378 e. The van der Waals surface area contributed by atoms with Crippen molar-refractivity contribution < 1.29 is 9.53 Å². The van der Waals surface area contributed by atoms with Gasteiger partial charge in [-0.1, -0.05) is 20.8 Å². The van der Waals surface area contributed by atoms with Gasteiger partial charge in [-0.05, 0) is 68.0 Å². The lowest BCUT2D eigenvalue weighted by atomic mass is 9.72. The van der Waals surface area contributed by atoms with Gasteiger partial charge in [-0.3, -0.25) is 4.79 Å². The molecule has 1 aliphatic heterocycles. The number of hydrogen-bond donors (Lipinski definition) is 1. The quantitative estimate of drug-likeness (QED) is 0.791. The number of carbonyl (C=O) groups excluding carboxylic acids is 1. The Kier molecular flexibility index (Phi) is 6.41. The van der Waals surface area contributed by atoms with Gasteiger partial charge < -0.3 is 15.4 Å². The van der Waals surface area contributed by atoms with Crippen LogP contribution in [0.4, 0.5) is 0 Å². The van der Waals surface area contributed by atoms with E-state index in [2.05, 4.69) is 26.8 Å². The SMILES string of the molecule is CC(C)(C)C1CCc2sc(C(=O)N3CCC(OCCCN)CC3)cc2C1. The fraction of sp³-hybridized carbons (Fsp3) is 0.762. The molecule has 0 saturated carbocycles. The fourth-order valence-corrected chi connectivity index (χ4v) is 5.26. The lowest BCUT2D eigenvalue weighted by Crippen LogP contribution is -2.40. The molecule has 4 nitrogen and oxygen atoms in total. The number of aryl methyl sites for hydroxylation is 1. The molecule has 1 amide bonds. The van der Waals surface area contributed by atoms with E-state index in [0.717, 1.165) is 56.7 Å². The van der Waals surface area contributed by atoms with Crippen LogP contribution in [0, 0.1) is 11.3 Å². The monoisotopic (exact) mass is 378 g/mol. The maximum absolute atomic E-state index is 12.9. The molecule has 3 rings (SSSR count). The van der Waals surface area contributed by atoms with Crippen LogP contribution < -0.4 is 5.73 Å². The summed E-state index contributed by atoms with van der Waals surface area (Å²) < 4.78 is 5.85. The first kappa shape index (κ1) is 19.8. The topological polar surface area (TPSA) is 55.6 Å². The molecular weight excluding hydrogens is 344 g/mol. The molecule has 2 N–H and O–H groups in total. The van der Waals surface area contributed by atoms with Crippen LogP contribution in [0.25, 0.3) is 0 Å². The van der Waals surface area contributed by atoms with E-state index in [1.54, 1.807) is 11.3 Å². The molecule has 146 valence electrons. The van der Waals surface area contributed by atoms with Gasteiger partial charge in [0.25, 0.3) is 5.91 Å². The molecule has 0 spiro atoms. The number of piperidine rings is 1. The summed E-state index contributed by atoms with van der Waals surface area (Å²) in [6, 6.07) is 2.18. The summed E-state index contributed by atoms with van der Waals surface area (Å²) in [5, 5.41) is 0. The van der Waals surface area contributed by atoms with Gasteiger partial charge >= 0.3 is 0 Å². The van der Waals surface area contributed by atoms with Crippen LogP contribution in [0.5, 0.6) is 0 Å². The van der Waals surface area contributed by atoms with Crippen molar-refractivity contribution in [3.8, 4) is 0 Å². The van der Waals surface area contributed by atoms with Gasteiger partial charge in [-0.15, -0.1) is 11.3 Å². The van der Waals surface area contributed by atoms with Crippen molar-refractivity contribution in [3.05, 3.63) is 21.4 Å². The first-order valence-electron chi connectivity index (χ1n) is 10.1. The molecule has 0 radical (unpaired) electrons. The van der Waals surface area contributed by atoms with Gasteiger partial charge in [0.1, 0.15) is 0 Å². The van der Waals surface area contributed by atoms with Gasteiger partial charge in [0.2, 0.25) is 0 Å². The highest BCUT2D eigenvalue weighted by Gasteiger charge is 2.31. The smallest absolute Gasteiger partial charge is 0.263 e. The van der Waals surface area contributed by atoms with E-state index in [0.29, 0.717) is 17.9 Å². The Hall–Kier alpha value is -0.910. The van der Waals surface area contributed by atoms with Crippen molar-refractivity contribution in [1.29, 1.82) is 0 Å². The number of thiophene rings is 1. The van der Waals surface area contributed by atoms with Crippen molar-refractivity contribution in [3.63, 3.8) is 0 Å². The molecule has 1 saturated heterocycles. The lowest BCUT2D eigenvalue weighted by molar-refractivity contribution is 0.00857. The normalized spacial score (nSPS) is 21.7. The van der Waals surface area contributed by atoms with Gasteiger partial charge in [0, 0.05) is 24.6 Å². The van der Waals surface area contributed by atoms with Crippen LogP contribution in [-0.4, -0.2) is 43.2 Å². The molecule has 2 heterocycles. The number of ether oxygens (including phenoxy) is 1. The third-order valence-corrected chi connectivity index (χ3v) is 7.17. The van der Waals surface area contributed by atoms with Crippen molar-refractivity contribution >= 4 is 17.2 Å². The predicted molar refractivity (Wildman–Crippen MR) is 108 cm³/mol. The molecule has 5 heteroatoms. The predicted octanol–water partition coefficient (Wildman–Crippen LogP) is 3.87. The fourth-order valence-electron chi connectivity index (χ4n) is 4.08. The third-order valence-electron chi connectivity index (χ3n) is 5.95. The van der Waals surface area contributed by atoms with Crippen molar-refractivity contribution in [2.75, 3.05) is 26.2 Å². The van der Waals surface area contributed by atoms with E-state index < -0.39 is 0 Å². The summed E-state index contributed by atoms with van der Waals surface area (Å²) in [6.07, 6.45) is 6.58. The largest absolute Gasteiger partial charge is 0.378 e. The Labute approximate surface area is 162 Å². The van der Waals surface area contributed by atoms with Crippen molar-refractivity contribution in [1.82, 2.24) is 4.90 Å². The summed E-state index contributed by atoms with van der Waals surface area (Å²) in [6.45, 7) is 10.0. The number of hydrogen-bond acceptors (Lipinski definition) is 4. The molecule has 1 aromatic heterocycles. The van der Waals surface area contributed by atoms with E-state index in [1.165, 1.54) is 16.9 Å². The molecule has 1 aliphatic carbocycles. The zero-order valence-electron chi connectivity index (χ0n) is 16.6. The van der Waals surface area contributed by atoms with Crippen LogP contribution in [0.2, 0.25) is 0 Å². The molecule has 0 bridgehead atoms. The van der Waals surface area contributed by atoms with Crippen LogP contribution in [0.15, 0.2) is 6.07 Å². The molecular formula is C21H34N2O2S. The molecule has 2 aliphatic rings. The Balaban J connectivity index is 1.56. The molecule has 26 heavy (non-hydrogen) atoms. The van der Waals surface area contributed by atoms with E-state index in [4.69, 9.17) is 10.5 Å². The zero-order chi connectivity index (χ0) is 18.7. The third kappa shape index (κ3) is 4.68. The molecule has 1 fully saturated rings. The Morgan fingerprint density at radius 2 is 2.04 bits per heavy atom. The van der Waals surface area contributed by atoms with Gasteiger partial charge in [-0.25, -0.2) is 0 Å². The van der Waals surface area contributed by atoms with E-state index in [9.17, 15) is 4.79 Å². The van der Waals surface area contributed by atoms with Gasteiger partial charge in [-0.2, -0.15) is 0 Å². The Bertz CT molecular complexity index is 612. The average molecular weight is 379 g/mol. The Morgan fingerprint density at radius 1 is 1.31 bits per heavy atom. The molecule has 1 aromatic rings. The average Bonchev–Trinajstić information content (AvgIpc) is 3.04. The first-order valence-corrected chi connectivity index (χ1v) is 10.9. The number of likely N-dealkylation sites (tertiary alicyclic amines) is 1. The minimum absolute atomic E-state index is 0.220. The number of amides is 1. The summed E-state index contributed by atoms with van der Waals surface area (Å²) in [5.74, 6) is 0.936. The summed E-state index contributed by atoms with van der Waals surface area (Å²) in [4.78, 5) is 17.3. The summed E-state index contributed by atoms with van der Waals surface area (Å²) >= 11 is 1.73. The van der Waals surface area contributed by atoms with E-state index in [1.807, 2.05) is 4.90 Å². The van der Waals surface area contributed by atoms with Crippen LogP contribution >= 0.6 is 11.3 Å². The zero-order valence-corrected chi connectivity index (χ0v) is 17.4. The standard InChI is InChI=1S/C21H34N2O2S/c1-21(2,3)16-5-6-18-15(13-16)14-19(26-18)20(24)23-10-7-17(8-11-23)25-12-4-9-22/h14,16-17H,4-13,22H2,1-3H3. The number of fused-ring (bicyclic) bond motifs is 1. The number of nitrogens with two attached hydrogens (primary N) is 1. The minimum atomic E-state index is 0.220. The number of carbonyl (C=O) groups is 1. The first-order chi connectivity index (χ1) is 12.4. The number of nitrogens with zero attached hydrogens (tertiary/aromatic N) is 1. The van der Waals surface area contributed by atoms with E-state index in [-0.39, 0.29) is 12.0 Å².